The molecule has 1 heterocycles. The fraction of sp³-hybridized carbons (Fsp3) is 0.455. The largest absolute Gasteiger partial charge is 0.324 e. The van der Waals surface area contributed by atoms with Crippen LogP contribution in [0.3, 0.4) is 0 Å². The zero-order chi connectivity index (χ0) is 12.7. The average molecular weight is 322 g/mol. The molecule has 2 N–H and O–H groups in total. The second-order valence-corrected chi connectivity index (χ2v) is 7.72. The number of benzene rings is 1. The van der Waals surface area contributed by atoms with Crippen molar-refractivity contribution >= 4 is 25.8 Å². The number of hydrogen-bond acceptors (Lipinski definition) is 3. The van der Waals surface area contributed by atoms with Crippen molar-refractivity contribution in [3.8, 4) is 0 Å². The van der Waals surface area contributed by atoms with Gasteiger partial charge in [-0.1, -0.05) is 22.0 Å². The highest BCUT2D eigenvalue weighted by Gasteiger charge is 2.39. The van der Waals surface area contributed by atoms with Crippen LogP contribution in [-0.2, 0) is 16.3 Å². The van der Waals surface area contributed by atoms with Gasteiger partial charge in [-0.15, -0.1) is 0 Å². The fourth-order valence-electron chi connectivity index (χ4n) is 2.12. The maximum atomic E-state index is 13.6. The van der Waals surface area contributed by atoms with E-state index in [2.05, 4.69) is 15.9 Å². The van der Waals surface area contributed by atoms with E-state index in [1.165, 1.54) is 6.07 Å². The molecule has 1 fully saturated rings. The molecule has 0 amide bonds. The molecule has 1 saturated heterocycles. The smallest absolute Gasteiger partial charge is 0.152 e. The quantitative estimate of drug-likeness (QED) is 0.901. The van der Waals surface area contributed by atoms with E-state index in [4.69, 9.17) is 5.73 Å². The Morgan fingerprint density at radius 1 is 1.47 bits per heavy atom. The van der Waals surface area contributed by atoms with E-state index >= 15 is 0 Å². The maximum Gasteiger partial charge on any atom is 0.152 e. The molecule has 1 aliphatic heterocycles. The summed E-state index contributed by atoms with van der Waals surface area (Å²) >= 11 is 3.17. The molecule has 0 spiro atoms. The van der Waals surface area contributed by atoms with E-state index in [1.807, 2.05) is 0 Å². The highest BCUT2D eigenvalue weighted by molar-refractivity contribution is 9.10. The summed E-state index contributed by atoms with van der Waals surface area (Å²) in [5.41, 5.74) is 5.66. The summed E-state index contributed by atoms with van der Waals surface area (Å²) in [4.78, 5) is 0. The Morgan fingerprint density at radius 2 is 2.18 bits per heavy atom. The van der Waals surface area contributed by atoms with Crippen molar-refractivity contribution in [1.82, 2.24) is 0 Å². The summed E-state index contributed by atoms with van der Waals surface area (Å²) in [5.74, 6) is -0.314. The van der Waals surface area contributed by atoms with Crippen molar-refractivity contribution in [2.24, 2.45) is 5.73 Å². The van der Waals surface area contributed by atoms with Crippen LogP contribution < -0.4 is 5.73 Å². The van der Waals surface area contributed by atoms with E-state index in [0.29, 0.717) is 16.5 Å². The summed E-state index contributed by atoms with van der Waals surface area (Å²) < 4.78 is 37.1. The van der Waals surface area contributed by atoms with Crippen LogP contribution in [0.15, 0.2) is 22.7 Å². The predicted octanol–water partition coefficient (Wildman–Crippen LogP) is 1.65. The minimum atomic E-state index is -3.05. The van der Waals surface area contributed by atoms with Gasteiger partial charge in [-0.05, 0) is 30.5 Å². The highest BCUT2D eigenvalue weighted by Crippen LogP contribution is 2.27. The second-order valence-electron chi connectivity index (χ2n) is 4.62. The molecular formula is C11H13BrFNO2S. The molecule has 2 rings (SSSR count). The van der Waals surface area contributed by atoms with Gasteiger partial charge in [-0.2, -0.15) is 0 Å². The van der Waals surface area contributed by atoms with E-state index in [1.54, 1.807) is 12.1 Å². The van der Waals surface area contributed by atoms with E-state index < -0.39 is 15.4 Å². The van der Waals surface area contributed by atoms with Crippen LogP contribution >= 0.6 is 15.9 Å². The Morgan fingerprint density at radius 3 is 2.71 bits per heavy atom. The lowest BCUT2D eigenvalue weighted by Gasteiger charge is -2.22. The van der Waals surface area contributed by atoms with Gasteiger partial charge in [0.05, 0.1) is 11.5 Å². The molecule has 17 heavy (non-hydrogen) atoms. The Balaban J connectivity index is 2.22. The average Bonchev–Trinajstić information content (AvgIpc) is 2.46. The molecule has 0 aliphatic carbocycles. The van der Waals surface area contributed by atoms with Crippen LogP contribution in [0.5, 0.6) is 0 Å². The van der Waals surface area contributed by atoms with Gasteiger partial charge in [0.25, 0.3) is 0 Å². The predicted molar refractivity (Wildman–Crippen MR) is 68.0 cm³/mol. The number of sulfone groups is 1. The minimum Gasteiger partial charge on any atom is -0.324 e. The monoisotopic (exact) mass is 321 g/mol. The van der Waals surface area contributed by atoms with Gasteiger partial charge >= 0.3 is 0 Å². The van der Waals surface area contributed by atoms with Crippen molar-refractivity contribution in [2.75, 3.05) is 11.5 Å². The Labute approximate surface area is 108 Å². The van der Waals surface area contributed by atoms with Gasteiger partial charge in [-0.25, -0.2) is 12.8 Å². The Kier molecular flexibility index (Phi) is 3.31. The van der Waals surface area contributed by atoms with Crippen LogP contribution in [0.25, 0.3) is 0 Å². The molecule has 0 saturated carbocycles. The molecular weight excluding hydrogens is 309 g/mol. The lowest BCUT2D eigenvalue weighted by Crippen LogP contribution is -2.43. The van der Waals surface area contributed by atoms with E-state index in [0.717, 1.165) is 0 Å². The topological polar surface area (TPSA) is 60.2 Å². The summed E-state index contributed by atoms with van der Waals surface area (Å²) in [5, 5.41) is 0. The van der Waals surface area contributed by atoms with Crippen molar-refractivity contribution in [3.63, 3.8) is 0 Å². The molecule has 1 aliphatic rings. The lowest BCUT2D eigenvalue weighted by atomic mass is 9.91. The van der Waals surface area contributed by atoms with Crippen LogP contribution in [-0.4, -0.2) is 25.5 Å². The summed E-state index contributed by atoms with van der Waals surface area (Å²) in [6, 6.07) is 4.73. The SMILES string of the molecule is NC1(Cc2ccc(Br)cc2F)CCS(=O)(=O)C1. The first-order chi connectivity index (χ1) is 7.80. The maximum absolute atomic E-state index is 13.6. The van der Waals surface area contributed by atoms with Gasteiger partial charge < -0.3 is 5.73 Å². The number of nitrogens with two attached hydrogens (primary N) is 1. The van der Waals surface area contributed by atoms with Gasteiger partial charge in [-0.3, -0.25) is 0 Å². The standard InChI is InChI=1S/C11H13BrFNO2S/c12-9-2-1-8(10(13)5-9)6-11(14)3-4-17(15,16)7-11/h1-2,5H,3-4,6-7,14H2. The molecule has 0 bridgehead atoms. The number of rotatable bonds is 2. The molecule has 1 aromatic carbocycles. The number of hydrogen-bond donors (Lipinski definition) is 1. The van der Waals surface area contributed by atoms with Gasteiger partial charge in [0, 0.05) is 10.0 Å². The first kappa shape index (κ1) is 13.0. The molecule has 1 aromatic rings. The van der Waals surface area contributed by atoms with Crippen LogP contribution in [0.1, 0.15) is 12.0 Å². The van der Waals surface area contributed by atoms with Crippen LogP contribution in [0, 0.1) is 5.82 Å². The molecule has 6 heteroatoms. The van der Waals surface area contributed by atoms with Gasteiger partial charge in [0.1, 0.15) is 5.82 Å². The number of halogens is 2. The molecule has 94 valence electrons. The lowest BCUT2D eigenvalue weighted by molar-refractivity contribution is 0.463. The first-order valence-corrected chi connectivity index (χ1v) is 7.84. The molecule has 1 unspecified atom stereocenters. The minimum absolute atomic E-state index is 0.0600. The van der Waals surface area contributed by atoms with Crippen LogP contribution in [0.2, 0.25) is 0 Å². The zero-order valence-corrected chi connectivity index (χ0v) is 11.5. The third kappa shape index (κ3) is 3.05. The van der Waals surface area contributed by atoms with Gasteiger partial charge in [0.15, 0.2) is 9.84 Å². The Bertz CT molecular complexity index is 546. The summed E-state index contributed by atoms with van der Waals surface area (Å²) in [7, 11) is -3.05. The van der Waals surface area contributed by atoms with E-state index in [-0.39, 0.29) is 23.7 Å². The van der Waals surface area contributed by atoms with Crippen molar-refractivity contribution in [2.45, 2.75) is 18.4 Å². The summed E-state index contributed by atoms with van der Waals surface area (Å²) in [6.07, 6.45) is 0.649. The molecule has 1 atom stereocenters. The fourth-order valence-corrected chi connectivity index (χ4v) is 4.44. The third-order valence-corrected chi connectivity index (χ3v) is 5.31. The summed E-state index contributed by atoms with van der Waals surface area (Å²) in [6.45, 7) is 0. The highest BCUT2D eigenvalue weighted by atomic mass is 79.9. The first-order valence-electron chi connectivity index (χ1n) is 5.23. The Hall–Kier alpha value is -0.460. The molecule has 0 aromatic heterocycles. The zero-order valence-electron chi connectivity index (χ0n) is 9.12. The normalized spacial score (nSPS) is 27.2. The van der Waals surface area contributed by atoms with Gasteiger partial charge in [0.2, 0.25) is 0 Å². The third-order valence-electron chi connectivity index (χ3n) is 2.98. The second kappa shape index (κ2) is 4.33. The van der Waals surface area contributed by atoms with Crippen LogP contribution in [0.4, 0.5) is 4.39 Å². The molecule has 0 radical (unpaired) electrons. The van der Waals surface area contributed by atoms with Crippen molar-refractivity contribution < 1.29 is 12.8 Å². The van der Waals surface area contributed by atoms with Crippen molar-refractivity contribution in [3.05, 3.63) is 34.1 Å². The molecule has 3 nitrogen and oxygen atoms in total. The van der Waals surface area contributed by atoms with E-state index in [9.17, 15) is 12.8 Å². The van der Waals surface area contributed by atoms with Crippen molar-refractivity contribution in [1.29, 1.82) is 0 Å².